The van der Waals surface area contributed by atoms with E-state index in [0.29, 0.717) is 12.1 Å². The third-order valence-electron chi connectivity index (χ3n) is 5.31. The Morgan fingerprint density at radius 2 is 1.69 bits per heavy atom. The Kier molecular flexibility index (Phi) is 5.76. The van der Waals surface area contributed by atoms with Crippen LogP contribution in [0.15, 0.2) is 72.8 Å². The second kappa shape index (κ2) is 8.81. The van der Waals surface area contributed by atoms with Crippen molar-refractivity contribution in [2.24, 2.45) is 5.73 Å². The molecule has 1 heterocycles. The van der Waals surface area contributed by atoms with Gasteiger partial charge in [0.05, 0.1) is 22.6 Å². The lowest BCUT2D eigenvalue weighted by molar-refractivity contribution is -0.117. The Bertz CT molecular complexity index is 1180. The molecule has 4 rings (SSSR count). The van der Waals surface area contributed by atoms with Gasteiger partial charge in [-0.3, -0.25) is 14.5 Å². The van der Waals surface area contributed by atoms with E-state index in [2.05, 4.69) is 5.32 Å². The first-order valence-electron chi connectivity index (χ1n) is 10.0. The number of nitrogens with zero attached hydrogens (tertiary/aromatic N) is 1. The van der Waals surface area contributed by atoms with Crippen LogP contribution in [-0.4, -0.2) is 23.9 Å². The zero-order valence-electron chi connectivity index (χ0n) is 17.2. The molecule has 8 heteroatoms. The van der Waals surface area contributed by atoms with Gasteiger partial charge in [0.15, 0.2) is 0 Å². The minimum atomic E-state index is -0.840. The summed E-state index contributed by atoms with van der Waals surface area (Å²) in [5.74, 6) is -1.15. The molecule has 3 aromatic carbocycles. The van der Waals surface area contributed by atoms with Crippen LogP contribution in [0.4, 0.5) is 21.9 Å². The predicted molar refractivity (Wildman–Crippen MR) is 121 cm³/mol. The first-order valence-corrected chi connectivity index (χ1v) is 10.0. The van der Waals surface area contributed by atoms with Gasteiger partial charge in [0.1, 0.15) is 12.6 Å². The number of anilines is 3. The van der Waals surface area contributed by atoms with Crippen LogP contribution in [0.2, 0.25) is 0 Å². The molecule has 0 bridgehead atoms. The fraction of sp³-hybridized carbons (Fsp3) is 0.125. The van der Waals surface area contributed by atoms with Crippen molar-refractivity contribution in [1.29, 1.82) is 0 Å². The number of fused-ring (bicyclic) bond motifs is 1. The quantitative estimate of drug-likeness (QED) is 0.536. The maximum Gasteiger partial charge on any atom is 0.415 e. The smallest absolute Gasteiger partial charge is 0.415 e. The van der Waals surface area contributed by atoms with Crippen molar-refractivity contribution in [2.75, 3.05) is 16.0 Å². The van der Waals surface area contributed by atoms with Gasteiger partial charge in [-0.1, -0.05) is 54.6 Å². The molecule has 3 amide bonds. The Morgan fingerprint density at radius 3 is 2.44 bits per heavy atom. The number of para-hydroxylation sites is 2. The number of ether oxygens (including phenoxy) is 1. The first-order chi connectivity index (χ1) is 15.5. The summed E-state index contributed by atoms with van der Waals surface area (Å²) < 4.78 is 5.49. The summed E-state index contributed by atoms with van der Waals surface area (Å²) in [7, 11) is 0. The Labute approximate surface area is 184 Å². The number of benzene rings is 3. The first kappa shape index (κ1) is 20.9. The fourth-order valence-electron chi connectivity index (χ4n) is 3.72. The van der Waals surface area contributed by atoms with Gasteiger partial charge in [-0.25, -0.2) is 4.79 Å². The zero-order valence-corrected chi connectivity index (χ0v) is 17.2. The van der Waals surface area contributed by atoms with E-state index in [-0.39, 0.29) is 23.5 Å². The van der Waals surface area contributed by atoms with E-state index in [4.69, 9.17) is 16.2 Å². The largest absolute Gasteiger partial charge is 0.444 e. The van der Waals surface area contributed by atoms with Gasteiger partial charge in [-0.2, -0.15) is 0 Å². The predicted octanol–water partition coefficient (Wildman–Crippen LogP) is 3.07. The number of nitrogen functional groups attached to an aromatic ring is 1. The minimum Gasteiger partial charge on any atom is -0.444 e. The van der Waals surface area contributed by atoms with E-state index in [9.17, 15) is 14.4 Å². The summed E-state index contributed by atoms with van der Waals surface area (Å²) in [6.45, 7) is 0.0836. The maximum atomic E-state index is 13.2. The van der Waals surface area contributed by atoms with Crippen molar-refractivity contribution in [3.8, 4) is 0 Å². The van der Waals surface area contributed by atoms with E-state index in [1.807, 2.05) is 42.5 Å². The number of nitrogens with two attached hydrogens (primary N) is 2. The summed E-state index contributed by atoms with van der Waals surface area (Å²) in [5, 5.41) is 2.72. The average Bonchev–Trinajstić information content (AvgIpc) is 3.19. The number of amides is 3. The SMILES string of the molecule is NC(=O)c1cccc(NC(=O)[C@@H]2Cc3ccccc3N2C(=O)OCc2ccccc2)c1N. The van der Waals surface area contributed by atoms with Crippen LogP contribution in [0.3, 0.4) is 0 Å². The number of rotatable bonds is 5. The van der Waals surface area contributed by atoms with Crippen LogP contribution in [0.5, 0.6) is 0 Å². The van der Waals surface area contributed by atoms with Crippen molar-refractivity contribution in [1.82, 2.24) is 0 Å². The van der Waals surface area contributed by atoms with Gasteiger partial charge in [0.2, 0.25) is 5.91 Å². The van der Waals surface area contributed by atoms with Gasteiger partial charge < -0.3 is 21.5 Å². The fourth-order valence-corrected chi connectivity index (χ4v) is 3.72. The molecule has 0 radical (unpaired) electrons. The van der Waals surface area contributed by atoms with E-state index < -0.39 is 23.9 Å². The van der Waals surface area contributed by atoms with Crippen LogP contribution >= 0.6 is 0 Å². The standard InChI is InChI=1S/C24H22N4O4/c25-21-17(22(26)29)10-6-11-18(21)27-23(30)20-13-16-9-4-5-12-19(16)28(20)24(31)32-14-15-7-2-1-3-8-15/h1-12,20H,13-14,25H2,(H2,26,29)(H,27,30)/t20-/m0/s1. The molecule has 162 valence electrons. The lowest BCUT2D eigenvalue weighted by Crippen LogP contribution is -2.45. The Balaban J connectivity index is 1.57. The normalized spacial score (nSPS) is 14.5. The molecular formula is C24H22N4O4. The highest BCUT2D eigenvalue weighted by Crippen LogP contribution is 2.34. The number of nitrogens with one attached hydrogen (secondary N) is 1. The van der Waals surface area contributed by atoms with Crippen molar-refractivity contribution < 1.29 is 19.1 Å². The third kappa shape index (κ3) is 4.11. The highest BCUT2D eigenvalue weighted by atomic mass is 16.6. The second-order valence-electron chi connectivity index (χ2n) is 7.38. The van der Waals surface area contributed by atoms with Crippen LogP contribution in [0.25, 0.3) is 0 Å². The number of hydrogen-bond acceptors (Lipinski definition) is 5. The summed E-state index contributed by atoms with van der Waals surface area (Å²) in [6, 6.07) is 20.3. The van der Waals surface area contributed by atoms with Crippen LogP contribution in [0.1, 0.15) is 21.5 Å². The number of hydrogen-bond donors (Lipinski definition) is 3. The molecule has 0 saturated heterocycles. The molecule has 1 aliphatic rings. The second-order valence-corrected chi connectivity index (χ2v) is 7.38. The van der Waals surface area contributed by atoms with Crippen molar-refractivity contribution in [3.05, 3.63) is 89.5 Å². The molecule has 0 fully saturated rings. The highest BCUT2D eigenvalue weighted by molar-refractivity contribution is 6.08. The van der Waals surface area contributed by atoms with Crippen molar-refractivity contribution >= 4 is 35.0 Å². The number of carbonyl (C=O) groups excluding carboxylic acids is 3. The molecule has 0 unspecified atom stereocenters. The molecule has 32 heavy (non-hydrogen) atoms. The number of carbonyl (C=O) groups is 3. The lowest BCUT2D eigenvalue weighted by atomic mass is 10.1. The molecule has 5 N–H and O–H groups in total. The average molecular weight is 430 g/mol. The molecule has 1 atom stereocenters. The molecule has 0 aliphatic carbocycles. The maximum absolute atomic E-state index is 13.2. The molecule has 8 nitrogen and oxygen atoms in total. The van der Waals surface area contributed by atoms with Crippen molar-refractivity contribution in [2.45, 2.75) is 19.1 Å². The monoisotopic (exact) mass is 430 g/mol. The minimum absolute atomic E-state index is 0.0714. The Morgan fingerprint density at radius 1 is 0.969 bits per heavy atom. The molecule has 3 aromatic rings. The molecule has 0 aromatic heterocycles. The molecule has 0 saturated carbocycles. The lowest BCUT2D eigenvalue weighted by Gasteiger charge is -2.24. The topological polar surface area (TPSA) is 128 Å². The Hall–Kier alpha value is -4.33. The van der Waals surface area contributed by atoms with Crippen LogP contribution < -0.4 is 21.7 Å². The summed E-state index contributed by atoms with van der Waals surface area (Å²) >= 11 is 0. The third-order valence-corrected chi connectivity index (χ3v) is 5.31. The molecule has 1 aliphatic heterocycles. The number of primary amides is 1. The van der Waals surface area contributed by atoms with E-state index in [1.54, 1.807) is 24.3 Å². The molecule has 0 spiro atoms. The van der Waals surface area contributed by atoms with E-state index in [1.165, 1.54) is 11.0 Å². The van der Waals surface area contributed by atoms with Crippen LogP contribution in [-0.2, 0) is 22.6 Å². The van der Waals surface area contributed by atoms with Gasteiger partial charge in [-0.15, -0.1) is 0 Å². The van der Waals surface area contributed by atoms with Gasteiger partial charge in [0, 0.05) is 6.42 Å². The highest BCUT2D eigenvalue weighted by Gasteiger charge is 2.39. The van der Waals surface area contributed by atoms with Crippen LogP contribution in [0, 0.1) is 0 Å². The van der Waals surface area contributed by atoms with E-state index in [0.717, 1.165) is 11.1 Å². The van der Waals surface area contributed by atoms with Gasteiger partial charge >= 0.3 is 6.09 Å². The van der Waals surface area contributed by atoms with E-state index >= 15 is 0 Å². The van der Waals surface area contributed by atoms with Gasteiger partial charge in [-0.05, 0) is 29.3 Å². The summed E-state index contributed by atoms with van der Waals surface area (Å²) in [5.41, 5.74) is 14.1. The summed E-state index contributed by atoms with van der Waals surface area (Å²) in [4.78, 5) is 39.1. The summed E-state index contributed by atoms with van der Waals surface area (Å²) in [6.07, 6.45) is -0.310. The molecular weight excluding hydrogens is 408 g/mol. The van der Waals surface area contributed by atoms with Gasteiger partial charge in [0.25, 0.3) is 5.91 Å². The van der Waals surface area contributed by atoms with Crippen molar-refractivity contribution in [3.63, 3.8) is 0 Å². The zero-order chi connectivity index (χ0) is 22.7.